The van der Waals surface area contributed by atoms with Gasteiger partial charge in [0, 0.05) is 26.2 Å². The van der Waals surface area contributed by atoms with E-state index in [0.29, 0.717) is 5.92 Å². The molecule has 0 radical (unpaired) electrons. The van der Waals surface area contributed by atoms with Gasteiger partial charge in [0.15, 0.2) is 0 Å². The molecule has 2 aromatic rings. The first kappa shape index (κ1) is 21.0. The molecule has 0 N–H and O–H groups in total. The zero-order valence-electron chi connectivity index (χ0n) is 15.6. The second-order valence-electron chi connectivity index (χ2n) is 6.88. The minimum absolute atomic E-state index is 0.0785. The van der Waals surface area contributed by atoms with Crippen LogP contribution < -0.4 is 0 Å². The highest BCUT2D eigenvalue weighted by molar-refractivity contribution is 7.89. The Hall–Kier alpha value is -1.67. The molecule has 2 heterocycles. The summed E-state index contributed by atoms with van der Waals surface area (Å²) in [4.78, 5) is 18.4. The van der Waals surface area contributed by atoms with Crippen molar-refractivity contribution in [1.82, 2.24) is 14.2 Å². The van der Waals surface area contributed by atoms with Crippen LogP contribution >= 0.6 is 23.2 Å². The van der Waals surface area contributed by atoms with E-state index in [1.807, 2.05) is 12.1 Å². The second-order valence-corrected chi connectivity index (χ2v) is 9.62. The standard InChI is InChI=1S/C19H21Cl2N3O3S/c1-13(2)14-3-5-15(6-4-14)28(26,27)24-11-9-23(10-12-24)19(25)18-16(20)7-8-17(21)22-18/h3-8,13H,9-12H2,1-2H3. The Kier molecular flexibility index (Phi) is 6.29. The molecule has 0 aliphatic carbocycles. The van der Waals surface area contributed by atoms with E-state index in [0.717, 1.165) is 5.56 Å². The fourth-order valence-corrected chi connectivity index (χ4v) is 4.78. The van der Waals surface area contributed by atoms with Crippen LogP contribution in [-0.4, -0.2) is 54.7 Å². The number of carbonyl (C=O) groups excluding carboxylic acids is 1. The molecule has 28 heavy (non-hydrogen) atoms. The van der Waals surface area contributed by atoms with Gasteiger partial charge in [-0.25, -0.2) is 13.4 Å². The van der Waals surface area contributed by atoms with Crippen LogP contribution in [0.15, 0.2) is 41.3 Å². The van der Waals surface area contributed by atoms with Crippen molar-refractivity contribution < 1.29 is 13.2 Å². The van der Waals surface area contributed by atoms with E-state index in [2.05, 4.69) is 18.8 Å². The number of nitrogens with zero attached hydrogens (tertiary/aromatic N) is 3. The highest BCUT2D eigenvalue weighted by Gasteiger charge is 2.31. The predicted octanol–water partition coefficient (Wildman–Crippen LogP) is 3.66. The zero-order chi connectivity index (χ0) is 20.5. The first-order chi connectivity index (χ1) is 13.2. The lowest BCUT2D eigenvalue weighted by atomic mass is 10.0. The van der Waals surface area contributed by atoms with Gasteiger partial charge in [-0.05, 0) is 35.7 Å². The third-order valence-corrected chi connectivity index (χ3v) is 7.15. The third kappa shape index (κ3) is 4.33. The van der Waals surface area contributed by atoms with Gasteiger partial charge in [0.1, 0.15) is 10.8 Å². The summed E-state index contributed by atoms with van der Waals surface area (Å²) in [6.45, 7) is 5.04. The normalized spacial score (nSPS) is 15.8. The highest BCUT2D eigenvalue weighted by Crippen LogP contribution is 2.23. The first-order valence-corrected chi connectivity index (χ1v) is 11.1. The molecule has 0 spiro atoms. The maximum atomic E-state index is 12.9. The van der Waals surface area contributed by atoms with Crippen molar-refractivity contribution in [2.24, 2.45) is 0 Å². The number of rotatable bonds is 4. The van der Waals surface area contributed by atoms with Gasteiger partial charge in [-0.15, -0.1) is 0 Å². The monoisotopic (exact) mass is 441 g/mol. The molecule has 0 atom stereocenters. The lowest BCUT2D eigenvalue weighted by Crippen LogP contribution is -2.50. The van der Waals surface area contributed by atoms with Crippen molar-refractivity contribution in [3.8, 4) is 0 Å². The van der Waals surface area contributed by atoms with Gasteiger partial charge in [-0.3, -0.25) is 4.79 Å². The lowest BCUT2D eigenvalue weighted by molar-refractivity contribution is 0.0692. The van der Waals surface area contributed by atoms with Crippen LogP contribution in [0.2, 0.25) is 10.2 Å². The van der Waals surface area contributed by atoms with Gasteiger partial charge >= 0.3 is 0 Å². The molecule has 1 aliphatic heterocycles. The summed E-state index contributed by atoms with van der Waals surface area (Å²) >= 11 is 11.9. The number of halogens is 2. The van der Waals surface area contributed by atoms with E-state index in [9.17, 15) is 13.2 Å². The minimum Gasteiger partial charge on any atom is -0.335 e. The van der Waals surface area contributed by atoms with Crippen molar-refractivity contribution in [2.45, 2.75) is 24.7 Å². The quantitative estimate of drug-likeness (QED) is 0.678. The molecular formula is C19H21Cl2N3O3S. The number of amides is 1. The summed E-state index contributed by atoms with van der Waals surface area (Å²) in [5.41, 5.74) is 1.16. The fourth-order valence-electron chi connectivity index (χ4n) is 3.02. The van der Waals surface area contributed by atoms with Crippen molar-refractivity contribution in [3.63, 3.8) is 0 Å². The Morgan fingerprint density at radius 3 is 2.18 bits per heavy atom. The Morgan fingerprint density at radius 1 is 1.00 bits per heavy atom. The SMILES string of the molecule is CC(C)c1ccc(S(=O)(=O)N2CCN(C(=O)c3nc(Cl)ccc3Cl)CC2)cc1. The van der Waals surface area contributed by atoms with Crippen molar-refractivity contribution in [1.29, 1.82) is 0 Å². The first-order valence-electron chi connectivity index (χ1n) is 8.91. The Morgan fingerprint density at radius 2 is 1.61 bits per heavy atom. The number of piperazine rings is 1. The number of pyridine rings is 1. The van der Waals surface area contributed by atoms with Crippen LogP contribution in [0.5, 0.6) is 0 Å². The highest BCUT2D eigenvalue weighted by atomic mass is 35.5. The molecule has 1 aromatic heterocycles. The van der Waals surface area contributed by atoms with Crippen molar-refractivity contribution in [2.75, 3.05) is 26.2 Å². The van der Waals surface area contributed by atoms with Crippen LogP contribution in [-0.2, 0) is 10.0 Å². The number of sulfonamides is 1. The van der Waals surface area contributed by atoms with E-state index in [-0.39, 0.29) is 52.9 Å². The summed E-state index contributed by atoms with van der Waals surface area (Å²) in [6.07, 6.45) is 0. The molecule has 1 saturated heterocycles. The smallest absolute Gasteiger partial charge is 0.274 e. The van der Waals surface area contributed by atoms with Gasteiger partial charge in [-0.1, -0.05) is 49.2 Å². The molecule has 0 unspecified atom stereocenters. The Balaban J connectivity index is 1.70. The number of carbonyl (C=O) groups is 1. The van der Waals surface area contributed by atoms with Gasteiger partial charge in [0.2, 0.25) is 10.0 Å². The molecule has 3 rings (SSSR count). The van der Waals surface area contributed by atoms with Crippen LogP contribution in [0, 0.1) is 0 Å². The lowest BCUT2D eigenvalue weighted by Gasteiger charge is -2.34. The average molecular weight is 442 g/mol. The fraction of sp³-hybridized carbons (Fsp3) is 0.368. The van der Waals surface area contributed by atoms with Gasteiger partial charge in [-0.2, -0.15) is 4.31 Å². The molecule has 9 heteroatoms. The molecule has 0 saturated carbocycles. The predicted molar refractivity (Wildman–Crippen MR) is 109 cm³/mol. The van der Waals surface area contributed by atoms with E-state index in [1.165, 1.54) is 16.4 Å². The molecular weight excluding hydrogens is 421 g/mol. The molecule has 1 aliphatic rings. The molecule has 0 bridgehead atoms. The molecule has 1 amide bonds. The van der Waals surface area contributed by atoms with E-state index in [4.69, 9.17) is 23.2 Å². The number of hydrogen-bond donors (Lipinski definition) is 0. The maximum Gasteiger partial charge on any atom is 0.274 e. The minimum atomic E-state index is -3.60. The largest absolute Gasteiger partial charge is 0.335 e. The Bertz CT molecular complexity index is 970. The summed E-state index contributed by atoms with van der Waals surface area (Å²) in [7, 11) is -3.60. The number of hydrogen-bond acceptors (Lipinski definition) is 4. The number of aromatic nitrogens is 1. The van der Waals surface area contributed by atoms with E-state index < -0.39 is 10.0 Å². The van der Waals surface area contributed by atoms with Crippen LogP contribution in [0.3, 0.4) is 0 Å². The van der Waals surface area contributed by atoms with Gasteiger partial charge in [0.25, 0.3) is 5.91 Å². The van der Waals surface area contributed by atoms with Gasteiger partial charge in [0.05, 0.1) is 9.92 Å². The maximum absolute atomic E-state index is 12.9. The second kappa shape index (κ2) is 8.37. The van der Waals surface area contributed by atoms with Crippen molar-refractivity contribution >= 4 is 39.1 Å². The van der Waals surface area contributed by atoms with E-state index in [1.54, 1.807) is 17.0 Å². The summed E-state index contributed by atoms with van der Waals surface area (Å²) in [5.74, 6) is -0.0240. The van der Waals surface area contributed by atoms with E-state index >= 15 is 0 Å². The zero-order valence-corrected chi connectivity index (χ0v) is 17.9. The molecule has 6 nitrogen and oxygen atoms in total. The third-order valence-electron chi connectivity index (χ3n) is 4.72. The molecule has 1 aromatic carbocycles. The topological polar surface area (TPSA) is 70.6 Å². The average Bonchev–Trinajstić information content (AvgIpc) is 2.69. The summed E-state index contributed by atoms with van der Waals surface area (Å²) < 4.78 is 27.2. The van der Waals surface area contributed by atoms with Crippen LogP contribution in [0.1, 0.15) is 35.8 Å². The molecule has 150 valence electrons. The van der Waals surface area contributed by atoms with Crippen LogP contribution in [0.4, 0.5) is 0 Å². The molecule has 1 fully saturated rings. The van der Waals surface area contributed by atoms with Gasteiger partial charge < -0.3 is 4.90 Å². The summed E-state index contributed by atoms with van der Waals surface area (Å²) in [5, 5.41) is 0.397. The van der Waals surface area contributed by atoms with Crippen LogP contribution in [0.25, 0.3) is 0 Å². The summed E-state index contributed by atoms with van der Waals surface area (Å²) in [6, 6.07) is 9.98. The number of benzene rings is 1. The Labute approximate surface area is 175 Å². The van der Waals surface area contributed by atoms with Crippen molar-refractivity contribution in [3.05, 3.63) is 57.8 Å².